The standard InChI is InChI=1S/C13H8F5NO2/c1-21-7-3-2-5(6(4-20)19-7)8-9(14)11(16)13(18)12(17)10(8)15/h2-3,20H,4H2,1H3. The Labute approximate surface area is 115 Å². The molecule has 2 rings (SSSR count). The van der Waals surface area contributed by atoms with E-state index in [4.69, 9.17) is 9.84 Å². The first-order valence-electron chi connectivity index (χ1n) is 5.58. The highest BCUT2D eigenvalue weighted by Crippen LogP contribution is 2.33. The number of pyridine rings is 1. The second-order valence-corrected chi connectivity index (χ2v) is 3.95. The molecule has 1 heterocycles. The molecule has 1 N–H and O–H groups in total. The molecule has 112 valence electrons. The second kappa shape index (κ2) is 5.65. The maximum Gasteiger partial charge on any atom is 0.213 e. The fourth-order valence-corrected chi connectivity index (χ4v) is 1.78. The lowest BCUT2D eigenvalue weighted by Gasteiger charge is -2.12. The normalized spacial score (nSPS) is 10.8. The third kappa shape index (κ3) is 2.42. The fourth-order valence-electron chi connectivity index (χ4n) is 1.78. The zero-order valence-electron chi connectivity index (χ0n) is 10.6. The number of ether oxygens (including phenoxy) is 1. The number of aliphatic hydroxyl groups excluding tert-OH is 1. The summed E-state index contributed by atoms with van der Waals surface area (Å²) in [6.45, 7) is -0.772. The summed E-state index contributed by atoms with van der Waals surface area (Å²) in [7, 11) is 1.27. The van der Waals surface area contributed by atoms with Crippen molar-refractivity contribution in [1.29, 1.82) is 0 Å². The molecule has 0 unspecified atom stereocenters. The predicted molar refractivity (Wildman–Crippen MR) is 61.9 cm³/mol. The average molecular weight is 305 g/mol. The zero-order chi connectivity index (χ0) is 15.7. The smallest absolute Gasteiger partial charge is 0.213 e. The molecule has 0 amide bonds. The van der Waals surface area contributed by atoms with Gasteiger partial charge in [-0.2, -0.15) is 0 Å². The van der Waals surface area contributed by atoms with Crippen LogP contribution >= 0.6 is 0 Å². The number of aromatic nitrogens is 1. The summed E-state index contributed by atoms with van der Waals surface area (Å²) in [6.07, 6.45) is 0. The van der Waals surface area contributed by atoms with Gasteiger partial charge in [-0.3, -0.25) is 0 Å². The minimum absolute atomic E-state index is 0.0201. The van der Waals surface area contributed by atoms with Gasteiger partial charge in [-0.15, -0.1) is 0 Å². The lowest BCUT2D eigenvalue weighted by molar-refractivity contribution is 0.274. The van der Waals surface area contributed by atoms with Crippen LogP contribution in [0.5, 0.6) is 5.88 Å². The van der Waals surface area contributed by atoms with Crippen LogP contribution in [0, 0.1) is 29.1 Å². The molecular formula is C13H8F5NO2. The molecule has 0 atom stereocenters. The number of rotatable bonds is 3. The van der Waals surface area contributed by atoms with E-state index in [2.05, 4.69) is 4.98 Å². The van der Waals surface area contributed by atoms with Gasteiger partial charge in [0.2, 0.25) is 11.7 Å². The first-order valence-corrected chi connectivity index (χ1v) is 5.58. The van der Waals surface area contributed by atoms with Crippen molar-refractivity contribution in [3.05, 3.63) is 46.9 Å². The molecule has 0 aliphatic rings. The molecule has 2 aromatic rings. The Bertz CT molecular complexity index is 676. The Balaban J connectivity index is 2.79. The van der Waals surface area contributed by atoms with E-state index in [1.165, 1.54) is 13.2 Å². The van der Waals surface area contributed by atoms with Gasteiger partial charge < -0.3 is 9.84 Å². The summed E-state index contributed by atoms with van der Waals surface area (Å²) < 4.78 is 71.6. The van der Waals surface area contributed by atoms with Gasteiger partial charge in [0.25, 0.3) is 0 Å². The number of hydrogen-bond acceptors (Lipinski definition) is 3. The number of halogens is 5. The van der Waals surface area contributed by atoms with Crippen molar-refractivity contribution in [3.63, 3.8) is 0 Å². The third-order valence-electron chi connectivity index (χ3n) is 2.79. The van der Waals surface area contributed by atoms with E-state index in [9.17, 15) is 22.0 Å². The number of nitrogens with zero attached hydrogens (tertiary/aromatic N) is 1. The molecule has 0 radical (unpaired) electrons. The van der Waals surface area contributed by atoms with Gasteiger partial charge in [0.05, 0.1) is 25.0 Å². The molecule has 3 nitrogen and oxygen atoms in total. The highest BCUT2D eigenvalue weighted by atomic mass is 19.2. The van der Waals surface area contributed by atoms with E-state index < -0.39 is 46.8 Å². The number of benzene rings is 1. The summed E-state index contributed by atoms with van der Waals surface area (Å²) in [5.74, 6) is -10.3. The van der Waals surface area contributed by atoms with Gasteiger partial charge in [-0.1, -0.05) is 0 Å². The van der Waals surface area contributed by atoms with Crippen LogP contribution in [0.4, 0.5) is 22.0 Å². The molecule has 0 aliphatic heterocycles. The van der Waals surface area contributed by atoms with Crippen LogP contribution in [-0.2, 0) is 6.61 Å². The summed E-state index contributed by atoms with van der Waals surface area (Å²) in [6, 6.07) is 2.22. The lowest BCUT2D eigenvalue weighted by atomic mass is 10.0. The van der Waals surface area contributed by atoms with Crippen LogP contribution in [0.25, 0.3) is 11.1 Å². The van der Waals surface area contributed by atoms with Gasteiger partial charge in [-0.05, 0) is 6.07 Å². The van der Waals surface area contributed by atoms with Crippen molar-refractivity contribution < 1.29 is 31.8 Å². The van der Waals surface area contributed by atoms with Crippen LogP contribution in [-0.4, -0.2) is 17.2 Å². The van der Waals surface area contributed by atoms with Crippen molar-refractivity contribution in [2.75, 3.05) is 7.11 Å². The molecule has 0 fully saturated rings. The van der Waals surface area contributed by atoms with Crippen molar-refractivity contribution >= 4 is 0 Å². The first-order chi connectivity index (χ1) is 9.92. The predicted octanol–water partition coefficient (Wildman–Crippen LogP) is 2.95. The van der Waals surface area contributed by atoms with E-state index in [0.717, 1.165) is 6.07 Å². The van der Waals surface area contributed by atoms with Gasteiger partial charge in [0.15, 0.2) is 23.3 Å². The minimum atomic E-state index is -2.25. The molecular weight excluding hydrogens is 297 g/mol. The van der Waals surface area contributed by atoms with E-state index in [1.54, 1.807) is 0 Å². The summed E-state index contributed by atoms with van der Waals surface area (Å²) >= 11 is 0. The van der Waals surface area contributed by atoms with Crippen LogP contribution in [0.15, 0.2) is 12.1 Å². The van der Waals surface area contributed by atoms with Gasteiger partial charge in [-0.25, -0.2) is 26.9 Å². The minimum Gasteiger partial charge on any atom is -0.481 e. The Morgan fingerprint density at radius 2 is 1.48 bits per heavy atom. The van der Waals surface area contributed by atoms with Crippen LogP contribution in [0.3, 0.4) is 0 Å². The van der Waals surface area contributed by atoms with E-state index in [0.29, 0.717) is 0 Å². The molecule has 1 aromatic carbocycles. The van der Waals surface area contributed by atoms with E-state index in [1.807, 2.05) is 0 Å². The van der Waals surface area contributed by atoms with E-state index in [-0.39, 0.29) is 11.6 Å². The van der Waals surface area contributed by atoms with Crippen LogP contribution in [0.1, 0.15) is 5.69 Å². The third-order valence-corrected chi connectivity index (χ3v) is 2.79. The Kier molecular flexibility index (Phi) is 4.08. The Morgan fingerprint density at radius 3 is 1.95 bits per heavy atom. The number of methoxy groups -OCH3 is 1. The van der Waals surface area contributed by atoms with Crippen molar-refractivity contribution in [2.24, 2.45) is 0 Å². The summed E-state index contributed by atoms with van der Waals surface area (Å²) in [5.41, 5.74) is -1.84. The number of hydrogen-bond donors (Lipinski definition) is 1. The van der Waals surface area contributed by atoms with Gasteiger partial charge in [0.1, 0.15) is 0 Å². The Morgan fingerprint density at radius 1 is 0.952 bits per heavy atom. The van der Waals surface area contributed by atoms with Gasteiger partial charge in [0, 0.05) is 11.6 Å². The molecule has 0 aliphatic carbocycles. The first kappa shape index (κ1) is 15.2. The maximum atomic E-state index is 13.7. The SMILES string of the molecule is COc1ccc(-c2c(F)c(F)c(F)c(F)c2F)c(CO)n1. The van der Waals surface area contributed by atoms with Crippen molar-refractivity contribution in [1.82, 2.24) is 4.98 Å². The average Bonchev–Trinajstić information content (AvgIpc) is 2.51. The molecule has 1 aromatic heterocycles. The molecule has 8 heteroatoms. The molecule has 0 saturated carbocycles. The van der Waals surface area contributed by atoms with Crippen LogP contribution < -0.4 is 4.74 Å². The van der Waals surface area contributed by atoms with Crippen molar-refractivity contribution in [2.45, 2.75) is 6.61 Å². The zero-order valence-corrected chi connectivity index (χ0v) is 10.6. The largest absolute Gasteiger partial charge is 0.481 e. The molecule has 0 spiro atoms. The summed E-state index contributed by atoms with van der Waals surface area (Å²) in [4.78, 5) is 3.71. The quantitative estimate of drug-likeness (QED) is 0.538. The Hall–Kier alpha value is -2.22. The fraction of sp³-hybridized carbons (Fsp3) is 0.154. The summed E-state index contributed by atoms with van der Waals surface area (Å²) in [5, 5.41) is 9.15. The number of aliphatic hydroxyl groups is 1. The topological polar surface area (TPSA) is 42.4 Å². The molecule has 0 saturated heterocycles. The highest BCUT2D eigenvalue weighted by Gasteiger charge is 2.28. The lowest BCUT2D eigenvalue weighted by Crippen LogP contribution is -2.06. The molecule has 0 bridgehead atoms. The van der Waals surface area contributed by atoms with Crippen molar-refractivity contribution in [3.8, 4) is 17.0 Å². The van der Waals surface area contributed by atoms with Crippen LogP contribution in [0.2, 0.25) is 0 Å². The molecule has 21 heavy (non-hydrogen) atoms. The maximum absolute atomic E-state index is 13.7. The second-order valence-electron chi connectivity index (χ2n) is 3.95. The van der Waals surface area contributed by atoms with E-state index >= 15 is 0 Å². The monoisotopic (exact) mass is 305 g/mol. The van der Waals surface area contributed by atoms with Gasteiger partial charge >= 0.3 is 0 Å². The highest BCUT2D eigenvalue weighted by molar-refractivity contribution is 5.68.